The molecular formula is C12H15N7. The number of imidazole rings is 1. The largest absolute Gasteiger partial charge is 0.369 e. The number of nitrogens with zero attached hydrogens (tertiary/aromatic N) is 6. The van der Waals surface area contributed by atoms with E-state index in [9.17, 15) is 0 Å². The Morgan fingerprint density at radius 3 is 2.89 bits per heavy atom. The van der Waals surface area contributed by atoms with Crippen LogP contribution in [0.1, 0.15) is 18.3 Å². The van der Waals surface area contributed by atoms with Crippen LogP contribution in [0.3, 0.4) is 0 Å². The van der Waals surface area contributed by atoms with Gasteiger partial charge in [0.25, 0.3) is 0 Å². The second kappa shape index (κ2) is 4.34. The molecule has 7 heteroatoms. The first kappa shape index (κ1) is 11.6. The number of aromatic nitrogens is 6. The number of anilines is 1. The first-order valence-corrected chi connectivity index (χ1v) is 6.14. The fraction of sp³-hybridized carbons (Fsp3) is 0.333. The van der Waals surface area contributed by atoms with E-state index in [1.807, 2.05) is 29.2 Å². The second-order valence-electron chi connectivity index (χ2n) is 4.33. The van der Waals surface area contributed by atoms with E-state index in [0.29, 0.717) is 12.5 Å². The van der Waals surface area contributed by atoms with Crippen molar-refractivity contribution >= 4 is 17.1 Å². The zero-order valence-corrected chi connectivity index (χ0v) is 10.9. The highest BCUT2D eigenvalue weighted by molar-refractivity contribution is 5.77. The predicted octanol–water partition coefficient (Wildman–Crippen LogP) is 0.982. The van der Waals surface area contributed by atoms with Crippen molar-refractivity contribution in [2.75, 3.05) is 5.73 Å². The molecular weight excluding hydrogens is 242 g/mol. The van der Waals surface area contributed by atoms with Gasteiger partial charge < -0.3 is 5.73 Å². The van der Waals surface area contributed by atoms with Gasteiger partial charge in [0.1, 0.15) is 11.8 Å². The number of nitrogens with two attached hydrogens (primary N) is 1. The standard InChI is InChI=1S/C12H15N7/c1-3-19-11-10(8(2)17-19)16-12(13)18(11)6-9-4-5-14-7-15-9/h4-5,7H,3,6H2,1-2H3,(H2,13,16). The number of aryl methyl sites for hydroxylation is 2. The molecule has 0 aliphatic heterocycles. The van der Waals surface area contributed by atoms with Crippen molar-refractivity contribution in [3.05, 3.63) is 30.0 Å². The van der Waals surface area contributed by atoms with Crippen LogP contribution in [0.25, 0.3) is 11.2 Å². The van der Waals surface area contributed by atoms with Crippen LogP contribution in [0.4, 0.5) is 5.95 Å². The van der Waals surface area contributed by atoms with E-state index in [2.05, 4.69) is 20.1 Å². The van der Waals surface area contributed by atoms with Crippen LogP contribution in [-0.2, 0) is 13.1 Å². The van der Waals surface area contributed by atoms with Crippen LogP contribution in [0, 0.1) is 6.92 Å². The summed E-state index contributed by atoms with van der Waals surface area (Å²) < 4.78 is 3.84. The summed E-state index contributed by atoms with van der Waals surface area (Å²) in [7, 11) is 0. The van der Waals surface area contributed by atoms with Gasteiger partial charge >= 0.3 is 0 Å². The fourth-order valence-electron chi connectivity index (χ4n) is 2.19. The molecule has 0 aromatic carbocycles. The Morgan fingerprint density at radius 2 is 2.21 bits per heavy atom. The van der Waals surface area contributed by atoms with Crippen molar-refractivity contribution in [1.82, 2.24) is 29.3 Å². The molecule has 3 aromatic heterocycles. The minimum atomic E-state index is 0.483. The number of nitrogen functional groups attached to an aromatic ring is 1. The van der Waals surface area contributed by atoms with Crippen LogP contribution in [0.15, 0.2) is 18.6 Å². The summed E-state index contributed by atoms with van der Waals surface area (Å²) in [5, 5.41) is 4.46. The van der Waals surface area contributed by atoms with Gasteiger partial charge in [-0.3, -0.25) is 4.57 Å². The van der Waals surface area contributed by atoms with Crippen molar-refractivity contribution in [2.24, 2.45) is 0 Å². The average molecular weight is 257 g/mol. The summed E-state index contributed by atoms with van der Waals surface area (Å²) in [6.07, 6.45) is 3.25. The van der Waals surface area contributed by atoms with E-state index < -0.39 is 0 Å². The Balaban J connectivity index is 2.15. The first-order valence-electron chi connectivity index (χ1n) is 6.14. The first-order chi connectivity index (χ1) is 9.20. The van der Waals surface area contributed by atoms with Crippen LogP contribution in [-0.4, -0.2) is 29.3 Å². The lowest BCUT2D eigenvalue weighted by atomic mass is 10.4. The van der Waals surface area contributed by atoms with Crippen molar-refractivity contribution in [3.8, 4) is 0 Å². The Bertz CT molecular complexity index is 711. The smallest absolute Gasteiger partial charge is 0.202 e. The fourth-order valence-corrected chi connectivity index (χ4v) is 2.19. The minimum absolute atomic E-state index is 0.483. The number of rotatable bonds is 3. The Labute approximate surface area is 110 Å². The summed E-state index contributed by atoms with van der Waals surface area (Å²) in [6.45, 7) is 5.33. The predicted molar refractivity (Wildman–Crippen MR) is 71.5 cm³/mol. The highest BCUT2D eigenvalue weighted by Crippen LogP contribution is 2.21. The van der Waals surface area contributed by atoms with Crippen LogP contribution in [0.2, 0.25) is 0 Å². The van der Waals surface area contributed by atoms with E-state index in [4.69, 9.17) is 5.73 Å². The van der Waals surface area contributed by atoms with E-state index in [-0.39, 0.29) is 0 Å². The van der Waals surface area contributed by atoms with Gasteiger partial charge in [-0.05, 0) is 19.9 Å². The maximum atomic E-state index is 6.01. The molecule has 0 fully saturated rings. The molecule has 19 heavy (non-hydrogen) atoms. The topological polar surface area (TPSA) is 87.4 Å². The maximum absolute atomic E-state index is 6.01. The highest BCUT2D eigenvalue weighted by Gasteiger charge is 2.16. The van der Waals surface area contributed by atoms with Gasteiger partial charge in [0.05, 0.1) is 17.9 Å². The summed E-state index contributed by atoms with van der Waals surface area (Å²) in [4.78, 5) is 12.5. The van der Waals surface area contributed by atoms with Gasteiger partial charge in [-0.25, -0.2) is 19.6 Å². The molecule has 7 nitrogen and oxygen atoms in total. The molecule has 0 unspecified atom stereocenters. The van der Waals surface area contributed by atoms with E-state index >= 15 is 0 Å². The van der Waals surface area contributed by atoms with Gasteiger partial charge in [-0.1, -0.05) is 0 Å². The molecule has 0 bridgehead atoms. The van der Waals surface area contributed by atoms with Crippen molar-refractivity contribution in [1.29, 1.82) is 0 Å². The molecule has 0 amide bonds. The zero-order valence-electron chi connectivity index (χ0n) is 10.9. The lowest BCUT2D eigenvalue weighted by Crippen LogP contribution is -2.10. The average Bonchev–Trinajstić information content (AvgIpc) is 2.90. The summed E-state index contributed by atoms with van der Waals surface area (Å²) in [6, 6.07) is 1.87. The SMILES string of the molecule is CCn1nc(C)c2nc(N)n(Cc3ccncn3)c21. The van der Waals surface area contributed by atoms with E-state index in [1.165, 1.54) is 6.33 Å². The molecule has 3 heterocycles. The lowest BCUT2D eigenvalue weighted by Gasteiger charge is -2.07. The van der Waals surface area contributed by atoms with Crippen molar-refractivity contribution in [3.63, 3.8) is 0 Å². The molecule has 3 rings (SSSR count). The monoisotopic (exact) mass is 257 g/mol. The molecule has 0 radical (unpaired) electrons. The number of hydrogen-bond donors (Lipinski definition) is 1. The van der Waals surface area contributed by atoms with Crippen molar-refractivity contribution in [2.45, 2.75) is 26.9 Å². The third-order valence-electron chi connectivity index (χ3n) is 3.09. The third-order valence-corrected chi connectivity index (χ3v) is 3.09. The van der Waals surface area contributed by atoms with Crippen LogP contribution < -0.4 is 5.73 Å². The normalized spacial score (nSPS) is 11.3. The van der Waals surface area contributed by atoms with Crippen LogP contribution >= 0.6 is 0 Å². The molecule has 3 aromatic rings. The minimum Gasteiger partial charge on any atom is -0.369 e. The second-order valence-corrected chi connectivity index (χ2v) is 4.33. The number of hydrogen-bond acceptors (Lipinski definition) is 5. The number of fused-ring (bicyclic) bond motifs is 1. The van der Waals surface area contributed by atoms with E-state index in [1.54, 1.807) is 6.20 Å². The molecule has 2 N–H and O–H groups in total. The highest BCUT2D eigenvalue weighted by atomic mass is 15.4. The van der Waals surface area contributed by atoms with E-state index in [0.717, 1.165) is 29.1 Å². The summed E-state index contributed by atoms with van der Waals surface area (Å²) in [5.74, 6) is 0.483. The van der Waals surface area contributed by atoms with Gasteiger partial charge in [0, 0.05) is 12.7 Å². The van der Waals surface area contributed by atoms with Gasteiger partial charge in [0.15, 0.2) is 5.65 Å². The molecule has 0 spiro atoms. The van der Waals surface area contributed by atoms with Crippen molar-refractivity contribution < 1.29 is 0 Å². The lowest BCUT2D eigenvalue weighted by molar-refractivity contribution is 0.645. The summed E-state index contributed by atoms with van der Waals surface area (Å²) in [5.41, 5.74) is 9.59. The third kappa shape index (κ3) is 1.83. The maximum Gasteiger partial charge on any atom is 0.202 e. The summed E-state index contributed by atoms with van der Waals surface area (Å²) >= 11 is 0. The Kier molecular flexibility index (Phi) is 2.66. The van der Waals surface area contributed by atoms with Gasteiger partial charge in [-0.15, -0.1) is 0 Å². The molecule has 98 valence electrons. The molecule has 0 saturated carbocycles. The zero-order chi connectivity index (χ0) is 13.4. The van der Waals surface area contributed by atoms with Crippen LogP contribution in [0.5, 0.6) is 0 Å². The molecule has 0 aliphatic carbocycles. The quantitative estimate of drug-likeness (QED) is 0.755. The van der Waals surface area contributed by atoms with Gasteiger partial charge in [-0.2, -0.15) is 5.10 Å². The Hall–Kier alpha value is -2.44. The molecule has 0 saturated heterocycles. The molecule has 0 aliphatic rings. The molecule has 0 atom stereocenters. The van der Waals surface area contributed by atoms with Gasteiger partial charge in [0.2, 0.25) is 5.95 Å². The Morgan fingerprint density at radius 1 is 1.37 bits per heavy atom.